The molecule has 0 bridgehead atoms. The van der Waals surface area contributed by atoms with E-state index < -0.39 is 0 Å². The normalized spacial score (nSPS) is 15.9. The summed E-state index contributed by atoms with van der Waals surface area (Å²) in [6.45, 7) is 2.44. The Kier molecular flexibility index (Phi) is 5.44. The Bertz CT molecular complexity index is 468. The third-order valence-corrected chi connectivity index (χ3v) is 3.92. The number of para-hydroxylation sites is 1. The van der Waals surface area contributed by atoms with Gasteiger partial charge in [0.15, 0.2) is 0 Å². The van der Waals surface area contributed by atoms with Gasteiger partial charge in [-0.3, -0.25) is 0 Å². The van der Waals surface area contributed by atoms with Crippen molar-refractivity contribution >= 4 is 6.03 Å². The molecular formula is C16H25N3O2. The highest BCUT2D eigenvalue weighted by atomic mass is 16.5. The number of benzene rings is 1. The van der Waals surface area contributed by atoms with Gasteiger partial charge in [0.2, 0.25) is 0 Å². The second-order valence-corrected chi connectivity index (χ2v) is 5.63. The van der Waals surface area contributed by atoms with Gasteiger partial charge >= 0.3 is 6.03 Å². The largest absolute Gasteiger partial charge is 0.496 e. The molecule has 0 saturated carbocycles. The summed E-state index contributed by atoms with van der Waals surface area (Å²) < 4.78 is 5.36. The van der Waals surface area contributed by atoms with E-state index in [1.807, 2.05) is 23.1 Å². The molecule has 0 atom stereocenters. The third-order valence-electron chi connectivity index (χ3n) is 3.92. The van der Waals surface area contributed by atoms with Gasteiger partial charge in [-0.05, 0) is 18.9 Å². The summed E-state index contributed by atoms with van der Waals surface area (Å²) in [7, 11) is 5.30. The van der Waals surface area contributed by atoms with Crippen molar-refractivity contribution in [1.82, 2.24) is 15.1 Å². The average Bonchev–Trinajstić information content (AvgIpc) is 2.52. The van der Waals surface area contributed by atoms with Gasteiger partial charge in [-0.2, -0.15) is 0 Å². The first-order chi connectivity index (χ1) is 10.1. The van der Waals surface area contributed by atoms with Crippen LogP contribution in [0.2, 0.25) is 0 Å². The zero-order valence-electron chi connectivity index (χ0n) is 13.1. The number of likely N-dealkylation sites (tertiary alicyclic amines) is 1. The summed E-state index contributed by atoms with van der Waals surface area (Å²) >= 11 is 0. The maximum Gasteiger partial charge on any atom is 0.319 e. The number of nitrogens with one attached hydrogen (secondary N) is 1. The number of ether oxygens (including phenoxy) is 1. The molecule has 2 rings (SSSR count). The molecule has 0 spiro atoms. The molecule has 0 unspecified atom stereocenters. The molecule has 1 aromatic carbocycles. The predicted molar refractivity (Wildman–Crippen MR) is 83.5 cm³/mol. The molecule has 1 N–H and O–H groups in total. The zero-order valence-corrected chi connectivity index (χ0v) is 13.1. The summed E-state index contributed by atoms with van der Waals surface area (Å²) in [5, 5.41) is 3.57. The van der Waals surface area contributed by atoms with E-state index in [1.54, 1.807) is 26.1 Å². The summed E-state index contributed by atoms with van der Waals surface area (Å²) in [5.41, 5.74) is 1.17. The van der Waals surface area contributed by atoms with Crippen molar-refractivity contribution in [3.63, 3.8) is 0 Å². The van der Waals surface area contributed by atoms with Gasteiger partial charge in [0.25, 0.3) is 0 Å². The molecule has 1 aliphatic heterocycles. The van der Waals surface area contributed by atoms with Gasteiger partial charge in [-0.15, -0.1) is 0 Å². The quantitative estimate of drug-likeness (QED) is 0.922. The highest BCUT2D eigenvalue weighted by molar-refractivity contribution is 5.73. The molecule has 116 valence electrons. The lowest BCUT2D eigenvalue weighted by Crippen LogP contribution is -2.47. The number of nitrogens with zero attached hydrogens (tertiary/aromatic N) is 2. The van der Waals surface area contributed by atoms with E-state index in [2.05, 4.69) is 11.4 Å². The molecule has 21 heavy (non-hydrogen) atoms. The Morgan fingerprint density at radius 1 is 1.33 bits per heavy atom. The monoisotopic (exact) mass is 291 g/mol. The van der Waals surface area contributed by atoms with Crippen LogP contribution in [0.4, 0.5) is 4.79 Å². The molecule has 0 aliphatic carbocycles. The van der Waals surface area contributed by atoms with Crippen LogP contribution in [0.25, 0.3) is 0 Å². The van der Waals surface area contributed by atoms with Crippen molar-refractivity contribution in [3.05, 3.63) is 29.8 Å². The Hall–Kier alpha value is -1.75. The minimum Gasteiger partial charge on any atom is -0.496 e. The first-order valence-electron chi connectivity index (χ1n) is 7.43. The summed E-state index contributed by atoms with van der Waals surface area (Å²) in [6, 6.07) is 8.64. The predicted octanol–water partition coefficient (Wildman–Crippen LogP) is 1.93. The Balaban J connectivity index is 1.80. The van der Waals surface area contributed by atoms with Crippen LogP contribution in [-0.2, 0) is 6.54 Å². The van der Waals surface area contributed by atoms with Crippen molar-refractivity contribution in [2.75, 3.05) is 34.3 Å². The zero-order chi connectivity index (χ0) is 15.2. The summed E-state index contributed by atoms with van der Waals surface area (Å²) in [6.07, 6.45) is 1.99. The molecule has 0 aromatic heterocycles. The molecule has 0 radical (unpaired) electrons. The minimum atomic E-state index is 0.109. The number of methoxy groups -OCH3 is 1. The molecule has 1 saturated heterocycles. The van der Waals surface area contributed by atoms with Crippen molar-refractivity contribution in [2.24, 2.45) is 0 Å². The standard InChI is InChI=1S/C16H25N3O2/c1-18(2)16(20)19-10-8-14(9-11-19)17-12-13-6-4-5-7-15(13)21-3/h4-7,14,17H,8-12H2,1-3H3. The lowest BCUT2D eigenvalue weighted by Gasteiger charge is -2.34. The first kappa shape index (κ1) is 15.6. The highest BCUT2D eigenvalue weighted by Crippen LogP contribution is 2.18. The number of amides is 2. The van der Waals surface area contributed by atoms with E-state index in [1.165, 1.54) is 5.56 Å². The SMILES string of the molecule is COc1ccccc1CNC1CCN(C(=O)N(C)C)CC1. The molecule has 5 nitrogen and oxygen atoms in total. The van der Waals surface area contributed by atoms with Crippen LogP contribution in [0.3, 0.4) is 0 Å². The lowest BCUT2D eigenvalue weighted by molar-refractivity contribution is 0.152. The number of carbonyl (C=O) groups is 1. The number of hydrogen-bond donors (Lipinski definition) is 1. The molecule has 5 heteroatoms. The van der Waals surface area contributed by atoms with Crippen LogP contribution in [0.15, 0.2) is 24.3 Å². The topological polar surface area (TPSA) is 44.8 Å². The Labute approximate surface area is 126 Å². The number of hydrogen-bond acceptors (Lipinski definition) is 3. The lowest BCUT2D eigenvalue weighted by atomic mass is 10.0. The second kappa shape index (κ2) is 7.31. The highest BCUT2D eigenvalue weighted by Gasteiger charge is 2.23. The van der Waals surface area contributed by atoms with Crippen molar-refractivity contribution in [3.8, 4) is 5.75 Å². The van der Waals surface area contributed by atoms with Crippen LogP contribution in [0.5, 0.6) is 5.75 Å². The Morgan fingerprint density at radius 2 is 2.00 bits per heavy atom. The third kappa shape index (κ3) is 4.11. The van der Waals surface area contributed by atoms with E-state index >= 15 is 0 Å². The van der Waals surface area contributed by atoms with Crippen molar-refractivity contribution < 1.29 is 9.53 Å². The van der Waals surface area contributed by atoms with Crippen molar-refractivity contribution in [1.29, 1.82) is 0 Å². The van der Waals surface area contributed by atoms with Gasteiger partial charge in [-0.1, -0.05) is 18.2 Å². The van der Waals surface area contributed by atoms with Crippen LogP contribution in [0, 0.1) is 0 Å². The second-order valence-electron chi connectivity index (χ2n) is 5.63. The molecule has 1 aliphatic rings. The molecule has 1 aromatic rings. The fraction of sp³-hybridized carbons (Fsp3) is 0.562. The smallest absolute Gasteiger partial charge is 0.319 e. The summed E-state index contributed by atoms with van der Waals surface area (Å²) in [5.74, 6) is 0.922. The number of carbonyl (C=O) groups excluding carboxylic acids is 1. The van der Waals surface area contributed by atoms with Crippen LogP contribution in [0.1, 0.15) is 18.4 Å². The number of urea groups is 1. The molecule has 2 amide bonds. The number of rotatable bonds is 4. The van der Waals surface area contributed by atoms with E-state index in [0.29, 0.717) is 6.04 Å². The van der Waals surface area contributed by atoms with E-state index in [4.69, 9.17) is 4.74 Å². The van der Waals surface area contributed by atoms with E-state index in [0.717, 1.165) is 38.2 Å². The van der Waals surface area contributed by atoms with Gasteiger partial charge in [-0.25, -0.2) is 4.79 Å². The fourth-order valence-electron chi connectivity index (χ4n) is 2.66. The van der Waals surface area contributed by atoms with Crippen LogP contribution in [-0.4, -0.2) is 56.2 Å². The molecule has 1 fully saturated rings. The average molecular weight is 291 g/mol. The fourth-order valence-corrected chi connectivity index (χ4v) is 2.66. The van der Waals surface area contributed by atoms with Crippen molar-refractivity contribution in [2.45, 2.75) is 25.4 Å². The van der Waals surface area contributed by atoms with Gasteiger partial charge in [0.05, 0.1) is 7.11 Å². The van der Waals surface area contributed by atoms with Crippen LogP contribution >= 0.6 is 0 Å². The molecule has 1 heterocycles. The van der Waals surface area contributed by atoms with E-state index in [-0.39, 0.29) is 6.03 Å². The Morgan fingerprint density at radius 3 is 2.62 bits per heavy atom. The minimum absolute atomic E-state index is 0.109. The molecular weight excluding hydrogens is 266 g/mol. The summed E-state index contributed by atoms with van der Waals surface area (Å²) in [4.78, 5) is 15.4. The van der Waals surface area contributed by atoms with Crippen LogP contribution < -0.4 is 10.1 Å². The maximum absolute atomic E-state index is 11.9. The van der Waals surface area contributed by atoms with Gasteiger partial charge in [0.1, 0.15) is 5.75 Å². The van der Waals surface area contributed by atoms with Gasteiger partial charge < -0.3 is 19.9 Å². The number of piperidine rings is 1. The first-order valence-corrected chi connectivity index (χ1v) is 7.43. The maximum atomic E-state index is 11.9. The van der Waals surface area contributed by atoms with Gasteiger partial charge in [0, 0.05) is 45.3 Å². The van der Waals surface area contributed by atoms with E-state index in [9.17, 15) is 4.79 Å².